The quantitative estimate of drug-likeness (QED) is 0.599. The van der Waals surface area contributed by atoms with Crippen LogP contribution in [0.2, 0.25) is 0 Å². The molecule has 1 aliphatic rings. The fourth-order valence-corrected chi connectivity index (χ4v) is 1.47. The molecule has 10 heavy (non-hydrogen) atoms. The van der Waals surface area contributed by atoms with Crippen molar-refractivity contribution in [1.29, 1.82) is 0 Å². The first kappa shape index (κ1) is 8.02. The summed E-state index contributed by atoms with van der Waals surface area (Å²) in [6.45, 7) is 4.07. The predicted octanol–water partition coefficient (Wildman–Crippen LogP) is 0.741. The molecule has 0 aromatic carbocycles. The van der Waals surface area contributed by atoms with Crippen LogP contribution in [0.4, 0.5) is 0 Å². The van der Waals surface area contributed by atoms with Crippen molar-refractivity contribution in [1.82, 2.24) is 0 Å². The third-order valence-corrected chi connectivity index (χ3v) is 2.50. The van der Waals surface area contributed by atoms with Crippen LogP contribution in [-0.2, 0) is 0 Å². The average molecular weight is 143 g/mol. The van der Waals surface area contributed by atoms with Gasteiger partial charge in [-0.1, -0.05) is 13.8 Å². The molecule has 0 saturated heterocycles. The summed E-state index contributed by atoms with van der Waals surface area (Å²) in [6, 6.07) is 0.261. The Bertz CT molecular complexity index is 109. The molecule has 60 valence electrons. The van der Waals surface area contributed by atoms with Gasteiger partial charge in [-0.3, -0.25) is 0 Å². The zero-order valence-electron chi connectivity index (χ0n) is 6.75. The topological polar surface area (TPSA) is 46.2 Å². The maximum Gasteiger partial charge on any atom is 0.0606 e. The van der Waals surface area contributed by atoms with Gasteiger partial charge in [0.2, 0.25) is 0 Å². The number of rotatable bonds is 2. The number of aliphatic hydroxyl groups excluding tert-OH is 1. The molecule has 0 aromatic rings. The van der Waals surface area contributed by atoms with Gasteiger partial charge in [0.15, 0.2) is 0 Å². The van der Waals surface area contributed by atoms with Gasteiger partial charge in [0.05, 0.1) is 6.10 Å². The van der Waals surface area contributed by atoms with Crippen LogP contribution in [-0.4, -0.2) is 17.3 Å². The van der Waals surface area contributed by atoms with Gasteiger partial charge in [0, 0.05) is 12.0 Å². The van der Waals surface area contributed by atoms with E-state index in [0.717, 1.165) is 12.8 Å². The lowest BCUT2D eigenvalue weighted by Gasteiger charge is -2.38. The zero-order valence-corrected chi connectivity index (χ0v) is 6.75. The monoisotopic (exact) mass is 143 g/mol. The summed E-state index contributed by atoms with van der Waals surface area (Å²) in [5, 5.41) is 9.54. The largest absolute Gasteiger partial charge is 0.393 e. The van der Waals surface area contributed by atoms with Crippen molar-refractivity contribution in [2.45, 2.75) is 38.8 Å². The van der Waals surface area contributed by atoms with E-state index in [1.54, 1.807) is 0 Å². The summed E-state index contributed by atoms with van der Waals surface area (Å²) >= 11 is 0. The van der Waals surface area contributed by atoms with Crippen LogP contribution < -0.4 is 5.73 Å². The molecule has 0 aromatic heterocycles. The Hall–Kier alpha value is -0.0800. The Morgan fingerprint density at radius 3 is 2.10 bits per heavy atom. The third-order valence-electron chi connectivity index (χ3n) is 2.50. The summed E-state index contributed by atoms with van der Waals surface area (Å²) in [5.41, 5.74) is 5.70. The molecule has 0 aliphatic heterocycles. The highest BCUT2D eigenvalue weighted by Crippen LogP contribution is 2.31. The zero-order chi connectivity index (χ0) is 7.72. The molecule has 3 unspecified atom stereocenters. The van der Waals surface area contributed by atoms with Crippen LogP contribution in [0.3, 0.4) is 0 Å². The Morgan fingerprint density at radius 1 is 1.40 bits per heavy atom. The fraction of sp³-hybridized carbons (Fsp3) is 1.00. The third kappa shape index (κ3) is 1.32. The van der Waals surface area contributed by atoms with Crippen LogP contribution in [0.15, 0.2) is 0 Å². The summed E-state index contributed by atoms with van der Waals surface area (Å²) in [6.07, 6.45) is 2.03. The minimum atomic E-state index is -0.177. The van der Waals surface area contributed by atoms with Crippen LogP contribution in [0, 0.1) is 11.8 Å². The first-order chi connectivity index (χ1) is 4.63. The molecule has 0 bridgehead atoms. The fourth-order valence-electron chi connectivity index (χ4n) is 1.47. The van der Waals surface area contributed by atoms with Crippen molar-refractivity contribution in [2.24, 2.45) is 17.6 Å². The normalized spacial score (nSPS) is 35.7. The first-order valence-corrected chi connectivity index (χ1v) is 4.06. The van der Waals surface area contributed by atoms with Crippen LogP contribution in [0.5, 0.6) is 0 Å². The highest BCUT2D eigenvalue weighted by Gasteiger charge is 2.34. The second-order valence-electron chi connectivity index (χ2n) is 3.64. The van der Waals surface area contributed by atoms with Crippen LogP contribution in [0.25, 0.3) is 0 Å². The Labute approximate surface area is 62.4 Å². The molecule has 3 N–H and O–H groups in total. The molecule has 3 atom stereocenters. The SMILES string of the molecule is CC(C)C(O)C1CCC1N. The van der Waals surface area contributed by atoms with Gasteiger partial charge in [0.1, 0.15) is 0 Å². The first-order valence-electron chi connectivity index (χ1n) is 4.06. The maximum atomic E-state index is 9.54. The molecule has 1 aliphatic carbocycles. The molecule has 0 heterocycles. The van der Waals surface area contributed by atoms with E-state index in [-0.39, 0.29) is 12.1 Å². The van der Waals surface area contributed by atoms with Crippen molar-refractivity contribution >= 4 is 0 Å². The van der Waals surface area contributed by atoms with Gasteiger partial charge in [-0.15, -0.1) is 0 Å². The van der Waals surface area contributed by atoms with Crippen molar-refractivity contribution in [3.05, 3.63) is 0 Å². The van der Waals surface area contributed by atoms with Gasteiger partial charge >= 0.3 is 0 Å². The van der Waals surface area contributed by atoms with Gasteiger partial charge < -0.3 is 10.8 Å². The van der Waals surface area contributed by atoms with Crippen molar-refractivity contribution in [3.8, 4) is 0 Å². The van der Waals surface area contributed by atoms with Crippen molar-refractivity contribution < 1.29 is 5.11 Å². The standard InChI is InChI=1S/C8H17NO/c1-5(2)8(10)6-3-4-7(6)9/h5-8,10H,3-4,9H2,1-2H3. The summed E-state index contributed by atoms with van der Waals surface area (Å²) in [7, 11) is 0. The molecule has 0 spiro atoms. The second kappa shape index (κ2) is 2.89. The minimum absolute atomic E-state index is 0.177. The van der Waals surface area contributed by atoms with E-state index in [1.807, 2.05) is 13.8 Å². The van der Waals surface area contributed by atoms with E-state index >= 15 is 0 Å². The smallest absolute Gasteiger partial charge is 0.0606 e. The highest BCUT2D eigenvalue weighted by atomic mass is 16.3. The molecule has 2 heteroatoms. The summed E-state index contributed by atoms with van der Waals surface area (Å²) in [5.74, 6) is 0.733. The lowest BCUT2D eigenvalue weighted by molar-refractivity contribution is 0.0132. The Morgan fingerprint density at radius 2 is 2.00 bits per heavy atom. The van der Waals surface area contributed by atoms with E-state index < -0.39 is 0 Å². The summed E-state index contributed by atoms with van der Waals surface area (Å²) in [4.78, 5) is 0. The van der Waals surface area contributed by atoms with Gasteiger partial charge in [-0.25, -0.2) is 0 Å². The van der Waals surface area contributed by atoms with E-state index in [4.69, 9.17) is 5.73 Å². The number of hydrogen-bond acceptors (Lipinski definition) is 2. The highest BCUT2D eigenvalue weighted by molar-refractivity contribution is 4.89. The van der Waals surface area contributed by atoms with E-state index in [9.17, 15) is 5.11 Å². The molecular weight excluding hydrogens is 126 g/mol. The van der Waals surface area contributed by atoms with Crippen molar-refractivity contribution in [3.63, 3.8) is 0 Å². The van der Waals surface area contributed by atoms with Crippen LogP contribution >= 0.6 is 0 Å². The molecular formula is C8H17NO. The van der Waals surface area contributed by atoms with Crippen LogP contribution in [0.1, 0.15) is 26.7 Å². The van der Waals surface area contributed by atoms with Gasteiger partial charge in [-0.05, 0) is 18.8 Å². The van der Waals surface area contributed by atoms with E-state index in [2.05, 4.69) is 0 Å². The Kier molecular flexibility index (Phi) is 2.32. The number of nitrogens with two attached hydrogens (primary N) is 1. The van der Waals surface area contributed by atoms with E-state index in [0.29, 0.717) is 11.8 Å². The average Bonchev–Trinajstić information content (AvgIpc) is 1.84. The predicted molar refractivity (Wildman–Crippen MR) is 41.5 cm³/mol. The van der Waals surface area contributed by atoms with Gasteiger partial charge in [0.25, 0.3) is 0 Å². The molecule has 1 rings (SSSR count). The Balaban J connectivity index is 2.34. The molecule has 0 radical (unpaired) electrons. The molecule has 2 nitrogen and oxygen atoms in total. The lowest BCUT2D eigenvalue weighted by atomic mass is 9.73. The number of aliphatic hydroxyl groups is 1. The molecule has 0 amide bonds. The minimum Gasteiger partial charge on any atom is -0.393 e. The number of hydrogen-bond donors (Lipinski definition) is 2. The lowest BCUT2D eigenvalue weighted by Crippen LogP contribution is -2.47. The molecule has 1 fully saturated rings. The maximum absolute atomic E-state index is 9.54. The van der Waals surface area contributed by atoms with Gasteiger partial charge in [-0.2, -0.15) is 0 Å². The molecule has 1 saturated carbocycles. The second-order valence-corrected chi connectivity index (χ2v) is 3.64. The van der Waals surface area contributed by atoms with Crippen molar-refractivity contribution in [2.75, 3.05) is 0 Å². The van der Waals surface area contributed by atoms with E-state index in [1.165, 1.54) is 0 Å². The summed E-state index contributed by atoms with van der Waals surface area (Å²) < 4.78 is 0.